The van der Waals surface area contributed by atoms with Gasteiger partial charge in [-0.2, -0.15) is 0 Å². The quantitative estimate of drug-likeness (QED) is 0.258. The number of rotatable bonds is 6. The van der Waals surface area contributed by atoms with Crippen LogP contribution in [0.25, 0.3) is 32.6 Å². The molecule has 0 unspecified atom stereocenters. The van der Waals surface area contributed by atoms with Gasteiger partial charge >= 0.3 is 11.9 Å². The van der Waals surface area contributed by atoms with Crippen LogP contribution in [-0.4, -0.2) is 60.4 Å². The molecule has 0 spiro atoms. The maximum Gasteiger partial charge on any atom is 0.303 e. The van der Waals surface area contributed by atoms with Crippen molar-refractivity contribution in [1.82, 2.24) is 9.47 Å². The number of pyridine rings is 1. The number of fused-ring (bicyclic) bond motifs is 5. The first-order valence-corrected chi connectivity index (χ1v) is 13.2. The second kappa shape index (κ2) is 10.1. The molecule has 3 aromatic carbocycles. The summed E-state index contributed by atoms with van der Waals surface area (Å²) in [5, 5.41) is 2.79. The third kappa shape index (κ3) is 4.75. The minimum Gasteiger partial charge on any atom is -0.491 e. The first-order chi connectivity index (χ1) is 18.9. The summed E-state index contributed by atoms with van der Waals surface area (Å²) in [5.74, 6) is -0.334. The standard InChI is InChI=1S/C31H34N2O7/c1-17(34)38-29-26-24(40-31(3,4)30(29)39-18(2)35)16-23(37-13-12-32(5)6)25-27(26)33(7)22-15-20-11-9-8-10-19(20)14-21(22)28(25)36/h8-11,14-16,29-30H,12-13H2,1-7H3/t29-,30-/m1/s1. The minimum atomic E-state index is -1.06. The molecule has 9 nitrogen and oxygen atoms in total. The van der Waals surface area contributed by atoms with Gasteiger partial charge in [-0.15, -0.1) is 0 Å². The summed E-state index contributed by atoms with van der Waals surface area (Å²) in [6, 6.07) is 13.4. The Labute approximate surface area is 232 Å². The van der Waals surface area contributed by atoms with E-state index in [2.05, 4.69) is 0 Å². The summed E-state index contributed by atoms with van der Waals surface area (Å²) in [4.78, 5) is 40.8. The first-order valence-electron chi connectivity index (χ1n) is 13.2. The van der Waals surface area contributed by atoms with Gasteiger partial charge in [-0.25, -0.2) is 0 Å². The number of ether oxygens (including phenoxy) is 4. The maximum atomic E-state index is 14.3. The lowest BCUT2D eigenvalue weighted by Crippen LogP contribution is -2.52. The Bertz CT molecular complexity index is 1720. The summed E-state index contributed by atoms with van der Waals surface area (Å²) < 4.78 is 26.1. The lowest BCUT2D eigenvalue weighted by molar-refractivity contribution is -0.187. The molecule has 1 aromatic heterocycles. The van der Waals surface area contributed by atoms with E-state index in [1.807, 2.05) is 67.0 Å². The van der Waals surface area contributed by atoms with Gasteiger partial charge in [0.05, 0.1) is 22.0 Å². The molecule has 5 rings (SSSR count). The van der Waals surface area contributed by atoms with Crippen molar-refractivity contribution in [1.29, 1.82) is 0 Å². The van der Waals surface area contributed by atoms with Crippen molar-refractivity contribution in [2.45, 2.75) is 45.5 Å². The molecule has 40 heavy (non-hydrogen) atoms. The molecule has 210 valence electrons. The zero-order valence-corrected chi connectivity index (χ0v) is 23.9. The highest BCUT2D eigenvalue weighted by Crippen LogP contribution is 2.49. The van der Waals surface area contributed by atoms with Crippen LogP contribution in [0.1, 0.15) is 39.4 Å². The second-order valence-electron chi connectivity index (χ2n) is 11.0. The molecule has 0 saturated carbocycles. The molecule has 0 radical (unpaired) electrons. The molecule has 1 aliphatic rings. The van der Waals surface area contributed by atoms with E-state index < -0.39 is 29.7 Å². The van der Waals surface area contributed by atoms with E-state index in [0.29, 0.717) is 52.0 Å². The Kier molecular flexibility index (Phi) is 6.95. The second-order valence-corrected chi connectivity index (χ2v) is 11.0. The number of hydrogen-bond acceptors (Lipinski definition) is 8. The lowest BCUT2D eigenvalue weighted by Gasteiger charge is -2.43. The van der Waals surface area contributed by atoms with Crippen LogP contribution in [0, 0.1) is 0 Å². The van der Waals surface area contributed by atoms with Crippen molar-refractivity contribution in [2.75, 3.05) is 27.2 Å². The predicted octanol–water partition coefficient (Wildman–Crippen LogP) is 4.49. The third-order valence-electron chi connectivity index (χ3n) is 7.30. The maximum absolute atomic E-state index is 14.3. The Balaban J connectivity index is 1.91. The smallest absolute Gasteiger partial charge is 0.303 e. The molecule has 2 atom stereocenters. The Hall–Kier alpha value is -4.11. The van der Waals surface area contributed by atoms with E-state index in [1.165, 1.54) is 13.8 Å². The number of aromatic nitrogens is 1. The molecule has 0 saturated heterocycles. The lowest BCUT2D eigenvalue weighted by atomic mass is 9.86. The predicted molar refractivity (Wildman–Crippen MR) is 153 cm³/mol. The fourth-order valence-corrected chi connectivity index (χ4v) is 5.50. The molecule has 2 heterocycles. The number of esters is 2. The van der Waals surface area contributed by atoms with Crippen LogP contribution in [0.4, 0.5) is 0 Å². The highest BCUT2D eigenvalue weighted by Gasteiger charge is 2.50. The van der Waals surface area contributed by atoms with Crippen LogP contribution in [-0.2, 0) is 26.1 Å². The van der Waals surface area contributed by atoms with Crippen molar-refractivity contribution in [3.05, 3.63) is 58.3 Å². The van der Waals surface area contributed by atoms with Gasteiger partial charge in [0, 0.05) is 38.9 Å². The molecule has 0 N–H and O–H groups in total. The van der Waals surface area contributed by atoms with Gasteiger partial charge < -0.3 is 28.4 Å². The summed E-state index contributed by atoms with van der Waals surface area (Å²) in [6.07, 6.45) is -1.99. The molecule has 0 bridgehead atoms. The van der Waals surface area contributed by atoms with Crippen LogP contribution in [0.2, 0.25) is 0 Å². The van der Waals surface area contributed by atoms with Gasteiger partial charge in [0.1, 0.15) is 23.7 Å². The van der Waals surface area contributed by atoms with Crippen molar-refractivity contribution in [2.24, 2.45) is 7.05 Å². The van der Waals surface area contributed by atoms with E-state index in [-0.39, 0.29) is 5.43 Å². The number of benzene rings is 3. The summed E-state index contributed by atoms with van der Waals surface area (Å²) in [6.45, 7) is 7.10. The van der Waals surface area contributed by atoms with E-state index in [4.69, 9.17) is 18.9 Å². The van der Waals surface area contributed by atoms with Gasteiger partial charge in [-0.05, 0) is 50.8 Å². The van der Waals surface area contributed by atoms with E-state index in [0.717, 1.165) is 10.8 Å². The fraction of sp³-hybridized carbons (Fsp3) is 0.387. The average molecular weight is 547 g/mol. The number of likely N-dealkylation sites (N-methyl/N-ethyl adjacent to an activating group) is 1. The molecular weight excluding hydrogens is 512 g/mol. The van der Waals surface area contributed by atoms with Crippen LogP contribution in [0.5, 0.6) is 11.5 Å². The molecule has 0 fully saturated rings. The van der Waals surface area contributed by atoms with Crippen LogP contribution in [0.15, 0.2) is 47.3 Å². The van der Waals surface area contributed by atoms with Gasteiger partial charge in [-0.3, -0.25) is 14.4 Å². The van der Waals surface area contributed by atoms with Crippen molar-refractivity contribution >= 4 is 44.5 Å². The monoisotopic (exact) mass is 546 g/mol. The van der Waals surface area contributed by atoms with E-state index in [9.17, 15) is 14.4 Å². The highest BCUT2D eigenvalue weighted by atomic mass is 16.6. The van der Waals surface area contributed by atoms with Gasteiger partial charge in [0.2, 0.25) is 5.43 Å². The van der Waals surface area contributed by atoms with Gasteiger partial charge in [0.25, 0.3) is 0 Å². The zero-order valence-electron chi connectivity index (χ0n) is 23.9. The molecule has 9 heteroatoms. The SMILES string of the molecule is CC(=O)O[C@@H]1c2c(cc(OCCN(C)C)c3c(=O)c4cc5ccccc5cc4n(C)c23)OC(C)(C)[C@@H]1OC(C)=O. The van der Waals surface area contributed by atoms with Crippen molar-refractivity contribution in [3.63, 3.8) is 0 Å². The largest absolute Gasteiger partial charge is 0.491 e. The third-order valence-corrected chi connectivity index (χ3v) is 7.30. The summed E-state index contributed by atoms with van der Waals surface area (Å²) >= 11 is 0. The van der Waals surface area contributed by atoms with Gasteiger partial charge in [-0.1, -0.05) is 24.3 Å². The van der Waals surface area contributed by atoms with E-state index >= 15 is 0 Å². The van der Waals surface area contributed by atoms with Gasteiger partial charge in [0.15, 0.2) is 12.2 Å². The normalized spacial score (nSPS) is 18.0. The average Bonchev–Trinajstić information content (AvgIpc) is 2.87. The van der Waals surface area contributed by atoms with Crippen LogP contribution in [0.3, 0.4) is 0 Å². The summed E-state index contributed by atoms with van der Waals surface area (Å²) in [7, 11) is 5.74. The number of nitrogens with zero attached hydrogens (tertiary/aromatic N) is 2. The molecule has 1 aliphatic heterocycles. The van der Waals surface area contributed by atoms with Crippen LogP contribution >= 0.6 is 0 Å². The zero-order chi connectivity index (χ0) is 28.9. The number of carbonyl (C=O) groups excluding carboxylic acids is 2. The van der Waals surface area contributed by atoms with Crippen LogP contribution < -0.4 is 14.9 Å². The first kappa shape index (κ1) is 27.5. The highest BCUT2D eigenvalue weighted by molar-refractivity contribution is 6.04. The fourth-order valence-electron chi connectivity index (χ4n) is 5.50. The minimum absolute atomic E-state index is 0.216. The molecule has 4 aromatic rings. The number of carbonyl (C=O) groups is 2. The molecule has 0 aliphatic carbocycles. The number of hydrogen-bond donors (Lipinski definition) is 0. The molecular formula is C31H34N2O7. The Morgan fingerprint density at radius 3 is 2.30 bits per heavy atom. The Morgan fingerprint density at radius 1 is 1.02 bits per heavy atom. The van der Waals surface area contributed by atoms with Crippen molar-refractivity contribution < 1.29 is 28.5 Å². The topological polar surface area (TPSA) is 96.3 Å². The van der Waals surface area contributed by atoms with E-state index in [1.54, 1.807) is 19.9 Å². The summed E-state index contributed by atoms with van der Waals surface area (Å²) in [5.41, 5.74) is 0.361. The Morgan fingerprint density at radius 2 is 1.68 bits per heavy atom. The number of aryl methyl sites for hydroxylation is 1. The molecule has 0 amide bonds. The van der Waals surface area contributed by atoms with Crippen molar-refractivity contribution in [3.8, 4) is 11.5 Å².